The fourth-order valence-corrected chi connectivity index (χ4v) is 4.06. The van der Waals surface area contributed by atoms with Crippen LogP contribution in [0.15, 0.2) is 65.8 Å². The minimum atomic E-state index is -3.98. The predicted octanol–water partition coefficient (Wildman–Crippen LogP) is 3.58. The van der Waals surface area contributed by atoms with Crippen LogP contribution in [-0.2, 0) is 10.0 Å². The van der Waals surface area contributed by atoms with Crippen molar-refractivity contribution >= 4 is 26.7 Å². The first kappa shape index (κ1) is 18.8. The molecule has 0 unspecified atom stereocenters. The van der Waals surface area contributed by atoms with Crippen molar-refractivity contribution in [2.24, 2.45) is 0 Å². The van der Waals surface area contributed by atoms with E-state index in [0.717, 1.165) is 15.6 Å². The molecule has 3 rings (SSSR count). The maximum absolute atomic E-state index is 13.8. The van der Waals surface area contributed by atoms with E-state index >= 15 is 0 Å². The summed E-state index contributed by atoms with van der Waals surface area (Å²) < 4.78 is 40.9. The van der Waals surface area contributed by atoms with Gasteiger partial charge in [-0.15, -0.1) is 0 Å². The molecule has 0 aliphatic heterocycles. The Hall–Kier alpha value is -2.93. The Morgan fingerprint density at radius 1 is 1.11 bits per heavy atom. The van der Waals surface area contributed by atoms with Crippen LogP contribution in [0.3, 0.4) is 0 Å². The van der Waals surface area contributed by atoms with Crippen molar-refractivity contribution in [1.82, 2.24) is 8.87 Å². The van der Waals surface area contributed by atoms with Crippen LogP contribution in [0.2, 0.25) is 0 Å². The van der Waals surface area contributed by atoms with Crippen molar-refractivity contribution in [1.29, 1.82) is 0 Å². The molecule has 0 amide bonds. The zero-order chi connectivity index (χ0) is 19.8. The maximum atomic E-state index is 13.8. The van der Waals surface area contributed by atoms with Crippen molar-refractivity contribution in [3.05, 3.63) is 77.9 Å². The van der Waals surface area contributed by atoms with Gasteiger partial charge in [0.25, 0.3) is 10.0 Å². The summed E-state index contributed by atoms with van der Waals surface area (Å²) in [6, 6.07) is 10.1. The number of carbonyl (C=O) groups excluding carboxylic acids is 1. The molecule has 1 heterocycles. The first-order chi connectivity index (χ1) is 12.7. The van der Waals surface area contributed by atoms with Crippen molar-refractivity contribution in [2.75, 3.05) is 14.1 Å². The highest BCUT2D eigenvalue weighted by atomic mass is 32.2. The van der Waals surface area contributed by atoms with E-state index in [1.54, 1.807) is 37.3 Å². The van der Waals surface area contributed by atoms with Gasteiger partial charge >= 0.3 is 0 Å². The SMILES string of the molecule is Cc1ccc(S(=O)(=O)n2cc(C(=O)/C=C/N(C)C)c3ccc(F)cc32)cc1. The smallest absolute Gasteiger partial charge is 0.268 e. The largest absolute Gasteiger partial charge is 0.383 e. The molecule has 2 aromatic carbocycles. The lowest BCUT2D eigenvalue weighted by Crippen LogP contribution is -2.12. The number of nitrogens with zero attached hydrogens (tertiary/aromatic N) is 2. The number of fused-ring (bicyclic) bond motifs is 1. The van der Waals surface area contributed by atoms with Gasteiger partial charge in [-0.2, -0.15) is 0 Å². The number of aromatic nitrogens is 1. The third kappa shape index (κ3) is 3.64. The molecule has 0 saturated heterocycles. The van der Waals surface area contributed by atoms with Crippen molar-refractivity contribution in [3.8, 4) is 0 Å². The molecule has 0 aliphatic rings. The summed E-state index contributed by atoms with van der Waals surface area (Å²) in [5.74, 6) is -0.943. The van der Waals surface area contributed by atoms with E-state index in [4.69, 9.17) is 0 Å². The van der Waals surface area contributed by atoms with Crippen LogP contribution in [0.25, 0.3) is 10.9 Å². The second kappa shape index (κ2) is 7.00. The van der Waals surface area contributed by atoms with Crippen LogP contribution in [0.4, 0.5) is 4.39 Å². The number of hydrogen-bond donors (Lipinski definition) is 0. The number of benzene rings is 2. The Bertz CT molecular complexity index is 1140. The molecule has 0 fully saturated rings. The van der Waals surface area contributed by atoms with Crippen molar-refractivity contribution < 1.29 is 17.6 Å². The highest BCUT2D eigenvalue weighted by molar-refractivity contribution is 7.90. The first-order valence-corrected chi connectivity index (χ1v) is 9.66. The summed E-state index contributed by atoms with van der Waals surface area (Å²) in [6.07, 6.45) is 4.17. The first-order valence-electron chi connectivity index (χ1n) is 8.22. The summed E-state index contributed by atoms with van der Waals surface area (Å²) >= 11 is 0. The van der Waals surface area contributed by atoms with Gasteiger partial charge in [-0.1, -0.05) is 17.7 Å². The van der Waals surface area contributed by atoms with E-state index in [9.17, 15) is 17.6 Å². The Balaban J connectivity index is 2.23. The molecule has 0 N–H and O–H groups in total. The van der Waals surface area contributed by atoms with E-state index < -0.39 is 15.8 Å². The fourth-order valence-electron chi connectivity index (χ4n) is 2.70. The van der Waals surface area contributed by atoms with Crippen LogP contribution >= 0.6 is 0 Å². The molecule has 0 radical (unpaired) electrons. The van der Waals surface area contributed by atoms with Gasteiger partial charge in [-0.3, -0.25) is 4.79 Å². The monoisotopic (exact) mass is 386 g/mol. The highest BCUT2D eigenvalue weighted by Crippen LogP contribution is 2.27. The molecule has 5 nitrogen and oxygen atoms in total. The van der Waals surface area contributed by atoms with Crippen LogP contribution in [-0.4, -0.2) is 37.2 Å². The standard InChI is InChI=1S/C20H19FN2O3S/c1-14-4-7-16(8-5-14)27(25,26)23-13-18(20(24)10-11-22(2)3)17-9-6-15(21)12-19(17)23/h4-13H,1-3H3/b11-10+. The van der Waals surface area contributed by atoms with Gasteiger partial charge < -0.3 is 4.90 Å². The Kier molecular flexibility index (Phi) is 4.89. The average Bonchev–Trinajstić information content (AvgIpc) is 2.99. The summed E-state index contributed by atoms with van der Waals surface area (Å²) in [5, 5.41) is 0.375. The van der Waals surface area contributed by atoms with Gasteiger partial charge in [0, 0.05) is 43.5 Å². The molecule has 140 valence electrons. The third-order valence-corrected chi connectivity index (χ3v) is 5.79. The predicted molar refractivity (Wildman–Crippen MR) is 103 cm³/mol. The van der Waals surface area contributed by atoms with E-state index in [1.807, 2.05) is 6.92 Å². The average molecular weight is 386 g/mol. The molecular weight excluding hydrogens is 367 g/mol. The summed E-state index contributed by atoms with van der Waals surface area (Å²) in [4.78, 5) is 14.3. The zero-order valence-corrected chi connectivity index (χ0v) is 16.0. The van der Waals surface area contributed by atoms with Crippen molar-refractivity contribution in [2.45, 2.75) is 11.8 Å². The highest BCUT2D eigenvalue weighted by Gasteiger charge is 2.23. The lowest BCUT2D eigenvalue weighted by atomic mass is 10.1. The van der Waals surface area contributed by atoms with Gasteiger partial charge in [-0.25, -0.2) is 16.8 Å². The van der Waals surface area contributed by atoms with Gasteiger partial charge in [0.15, 0.2) is 5.78 Å². The number of carbonyl (C=O) groups is 1. The molecule has 3 aromatic rings. The minimum absolute atomic E-state index is 0.0668. The summed E-state index contributed by atoms with van der Waals surface area (Å²) in [5.41, 5.74) is 1.23. The molecule has 7 heteroatoms. The molecule has 27 heavy (non-hydrogen) atoms. The Labute approximate surface area is 157 Å². The molecule has 0 spiro atoms. The number of ketones is 1. The molecule has 1 aromatic heterocycles. The van der Waals surface area contributed by atoms with Crippen LogP contribution in [0.5, 0.6) is 0 Å². The Morgan fingerprint density at radius 3 is 2.41 bits per heavy atom. The van der Waals surface area contributed by atoms with Crippen LogP contribution in [0.1, 0.15) is 15.9 Å². The Morgan fingerprint density at radius 2 is 1.78 bits per heavy atom. The third-order valence-electron chi connectivity index (χ3n) is 4.10. The number of rotatable bonds is 5. The van der Waals surface area contributed by atoms with Crippen LogP contribution < -0.4 is 0 Å². The molecule has 0 aliphatic carbocycles. The van der Waals surface area contributed by atoms with Crippen LogP contribution in [0, 0.1) is 12.7 Å². The number of halogens is 1. The van der Waals surface area contributed by atoms with E-state index in [1.165, 1.54) is 36.5 Å². The number of allylic oxidation sites excluding steroid dienone is 1. The summed E-state index contributed by atoms with van der Waals surface area (Å²) in [6.45, 7) is 1.85. The second-order valence-electron chi connectivity index (χ2n) is 6.46. The number of aryl methyl sites for hydroxylation is 1. The van der Waals surface area contributed by atoms with E-state index in [-0.39, 0.29) is 21.8 Å². The van der Waals surface area contributed by atoms with Gasteiger partial charge in [-0.05, 0) is 37.3 Å². The lowest BCUT2D eigenvalue weighted by molar-refractivity contribution is 0.104. The van der Waals surface area contributed by atoms with Gasteiger partial charge in [0.1, 0.15) is 5.82 Å². The maximum Gasteiger partial charge on any atom is 0.268 e. The lowest BCUT2D eigenvalue weighted by Gasteiger charge is -2.08. The zero-order valence-electron chi connectivity index (χ0n) is 15.2. The topological polar surface area (TPSA) is 59.4 Å². The van der Waals surface area contributed by atoms with E-state index in [2.05, 4.69) is 0 Å². The van der Waals surface area contributed by atoms with Gasteiger partial charge in [0.2, 0.25) is 0 Å². The van der Waals surface area contributed by atoms with Crippen molar-refractivity contribution in [3.63, 3.8) is 0 Å². The quantitative estimate of drug-likeness (QED) is 0.497. The van der Waals surface area contributed by atoms with Gasteiger partial charge in [0.05, 0.1) is 10.4 Å². The summed E-state index contributed by atoms with van der Waals surface area (Å²) in [7, 11) is -0.444. The molecule has 0 bridgehead atoms. The fraction of sp³-hybridized carbons (Fsp3) is 0.150. The second-order valence-corrected chi connectivity index (χ2v) is 8.28. The molecule has 0 saturated carbocycles. The molecular formula is C20H19FN2O3S. The normalized spacial score (nSPS) is 12.0. The molecule has 0 atom stereocenters. The minimum Gasteiger partial charge on any atom is -0.383 e. The number of hydrogen-bond acceptors (Lipinski definition) is 4. The van der Waals surface area contributed by atoms with E-state index in [0.29, 0.717) is 5.39 Å².